The van der Waals surface area contributed by atoms with Gasteiger partial charge in [0.1, 0.15) is 11.5 Å². The van der Waals surface area contributed by atoms with Gasteiger partial charge in [-0.05, 0) is 110 Å². The third kappa shape index (κ3) is 9.12. The van der Waals surface area contributed by atoms with Crippen LogP contribution in [0.15, 0.2) is 121 Å². The molecule has 0 aliphatic heterocycles. The zero-order chi connectivity index (χ0) is 31.3. The molecule has 5 aromatic rings. The first-order valence-corrected chi connectivity index (χ1v) is 16.0. The molecule has 0 aliphatic carbocycles. The number of unbranched alkanes of at least 4 members (excludes halogenated alkanes) is 3. The van der Waals surface area contributed by atoms with E-state index in [0.717, 1.165) is 53.4 Å². The van der Waals surface area contributed by atoms with Crippen molar-refractivity contribution in [1.82, 2.24) is 4.57 Å². The van der Waals surface area contributed by atoms with Crippen LogP contribution in [0.1, 0.15) is 49.4 Å². The molecule has 0 amide bonds. The van der Waals surface area contributed by atoms with Crippen molar-refractivity contribution >= 4 is 5.97 Å². The molecule has 5 rings (SSSR count). The van der Waals surface area contributed by atoms with Crippen LogP contribution in [0.5, 0.6) is 11.5 Å². The van der Waals surface area contributed by atoms with Crippen molar-refractivity contribution in [3.63, 3.8) is 0 Å². The van der Waals surface area contributed by atoms with E-state index in [9.17, 15) is 4.79 Å². The number of carbonyl (C=O) groups is 1. The van der Waals surface area contributed by atoms with Crippen LogP contribution in [0.2, 0.25) is 0 Å². The largest absolute Gasteiger partial charge is 0.494 e. The lowest BCUT2D eigenvalue weighted by Gasteiger charge is -2.18. The Morgan fingerprint density at radius 1 is 0.689 bits per heavy atom. The molecule has 0 unspecified atom stereocenters. The van der Waals surface area contributed by atoms with Crippen molar-refractivity contribution in [2.24, 2.45) is 0 Å². The van der Waals surface area contributed by atoms with Gasteiger partial charge in [0.05, 0.1) is 18.9 Å². The summed E-state index contributed by atoms with van der Waals surface area (Å²) in [6.45, 7) is 4.96. The second kappa shape index (κ2) is 16.3. The Balaban J connectivity index is 1.16. The second-order valence-electron chi connectivity index (χ2n) is 11.3. The number of hydrogen-bond donors (Lipinski definition) is 0. The first-order chi connectivity index (χ1) is 22.1. The maximum Gasteiger partial charge on any atom is 0.347 e. The fourth-order valence-electron chi connectivity index (χ4n) is 5.52. The van der Waals surface area contributed by atoms with E-state index in [0.29, 0.717) is 18.8 Å². The van der Waals surface area contributed by atoms with E-state index in [1.165, 1.54) is 24.8 Å². The summed E-state index contributed by atoms with van der Waals surface area (Å²) < 4.78 is 19.7. The van der Waals surface area contributed by atoms with Crippen LogP contribution in [-0.2, 0) is 22.4 Å². The molecular weight excluding hydrogens is 558 g/mol. The molecule has 0 saturated heterocycles. The van der Waals surface area contributed by atoms with Crippen molar-refractivity contribution in [3.05, 3.63) is 138 Å². The number of nitrogens with zero attached hydrogens (tertiary/aromatic N) is 1. The van der Waals surface area contributed by atoms with Gasteiger partial charge in [0.2, 0.25) is 0 Å². The fraction of sp³-hybridized carbons (Fsp3) is 0.275. The standard InChI is InChI=1S/C40H43NO4/c1-3-43-40(42)39(30-33-17-11-7-12-18-33)45-37-24-20-34(21-25-37)38-28-19-31(2)41(38)35-22-26-36(27-23-35)44-29-13-5-4-8-14-32-15-9-6-10-16-32/h6-7,9-12,15-28,39H,3-5,8,13-14,29-30H2,1-2H3/t39-/m1/s1. The van der Waals surface area contributed by atoms with Crippen LogP contribution in [0.3, 0.4) is 0 Å². The zero-order valence-electron chi connectivity index (χ0n) is 26.4. The predicted octanol–water partition coefficient (Wildman–Crippen LogP) is 9.19. The molecule has 1 heterocycles. The Morgan fingerprint density at radius 3 is 2.02 bits per heavy atom. The molecule has 45 heavy (non-hydrogen) atoms. The van der Waals surface area contributed by atoms with Crippen LogP contribution in [0, 0.1) is 6.92 Å². The summed E-state index contributed by atoms with van der Waals surface area (Å²) >= 11 is 0. The molecule has 232 valence electrons. The highest BCUT2D eigenvalue weighted by Gasteiger charge is 2.22. The van der Waals surface area contributed by atoms with Crippen molar-refractivity contribution in [2.45, 2.75) is 58.5 Å². The number of aryl methyl sites for hydroxylation is 2. The van der Waals surface area contributed by atoms with E-state index in [-0.39, 0.29) is 5.97 Å². The van der Waals surface area contributed by atoms with Crippen molar-refractivity contribution in [2.75, 3.05) is 13.2 Å². The molecule has 0 saturated carbocycles. The second-order valence-corrected chi connectivity index (χ2v) is 11.3. The Hall–Kier alpha value is -4.77. The lowest BCUT2D eigenvalue weighted by Crippen LogP contribution is -2.31. The van der Waals surface area contributed by atoms with Gasteiger partial charge in [-0.15, -0.1) is 0 Å². The summed E-state index contributed by atoms with van der Waals surface area (Å²) in [6, 6.07) is 41.0. The Morgan fingerprint density at radius 2 is 1.33 bits per heavy atom. The number of ether oxygens (including phenoxy) is 3. The lowest BCUT2D eigenvalue weighted by atomic mass is 10.1. The van der Waals surface area contributed by atoms with Crippen LogP contribution in [0.4, 0.5) is 0 Å². The number of hydrogen-bond acceptors (Lipinski definition) is 4. The molecule has 1 aromatic heterocycles. The topological polar surface area (TPSA) is 49.7 Å². The molecule has 5 heteroatoms. The molecule has 0 N–H and O–H groups in total. The molecule has 0 radical (unpaired) electrons. The summed E-state index contributed by atoms with van der Waals surface area (Å²) in [5.74, 6) is 1.16. The number of rotatable bonds is 16. The predicted molar refractivity (Wildman–Crippen MR) is 181 cm³/mol. The van der Waals surface area contributed by atoms with Gasteiger partial charge < -0.3 is 18.8 Å². The zero-order valence-corrected chi connectivity index (χ0v) is 26.4. The van der Waals surface area contributed by atoms with Crippen LogP contribution in [0.25, 0.3) is 16.9 Å². The molecule has 0 spiro atoms. The summed E-state index contributed by atoms with van der Waals surface area (Å²) in [7, 11) is 0. The minimum atomic E-state index is -0.718. The van der Waals surface area contributed by atoms with Crippen LogP contribution >= 0.6 is 0 Å². The highest BCUT2D eigenvalue weighted by atomic mass is 16.6. The smallest absolute Gasteiger partial charge is 0.347 e. The minimum Gasteiger partial charge on any atom is -0.494 e. The van der Waals surface area contributed by atoms with E-state index in [1.807, 2.05) is 66.7 Å². The summed E-state index contributed by atoms with van der Waals surface area (Å²) in [5, 5.41) is 0. The molecule has 0 aliphatic rings. The maximum absolute atomic E-state index is 12.7. The Bertz CT molecular complexity index is 1590. The fourth-order valence-corrected chi connectivity index (χ4v) is 5.52. The maximum atomic E-state index is 12.7. The summed E-state index contributed by atoms with van der Waals surface area (Å²) in [5.41, 5.74) is 6.78. The van der Waals surface area contributed by atoms with E-state index in [1.54, 1.807) is 6.92 Å². The minimum absolute atomic E-state index is 0.311. The first-order valence-electron chi connectivity index (χ1n) is 16.0. The van der Waals surface area contributed by atoms with E-state index >= 15 is 0 Å². The molecular formula is C40H43NO4. The summed E-state index contributed by atoms with van der Waals surface area (Å²) in [4.78, 5) is 12.7. The monoisotopic (exact) mass is 601 g/mol. The average molecular weight is 602 g/mol. The Labute approximate surface area is 267 Å². The number of benzene rings is 4. The number of carbonyl (C=O) groups excluding carboxylic acids is 1. The normalized spacial score (nSPS) is 11.6. The van der Waals surface area contributed by atoms with Gasteiger partial charge in [-0.3, -0.25) is 0 Å². The molecule has 4 aromatic carbocycles. The molecule has 5 nitrogen and oxygen atoms in total. The summed E-state index contributed by atoms with van der Waals surface area (Å²) in [6.07, 6.45) is 5.55. The van der Waals surface area contributed by atoms with Crippen molar-refractivity contribution in [1.29, 1.82) is 0 Å². The van der Waals surface area contributed by atoms with E-state index in [4.69, 9.17) is 14.2 Å². The van der Waals surface area contributed by atoms with Gasteiger partial charge in [0.25, 0.3) is 0 Å². The van der Waals surface area contributed by atoms with Crippen LogP contribution < -0.4 is 9.47 Å². The molecule has 0 bridgehead atoms. The van der Waals surface area contributed by atoms with Crippen LogP contribution in [-0.4, -0.2) is 29.9 Å². The lowest BCUT2D eigenvalue weighted by molar-refractivity contribution is -0.151. The third-order valence-electron chi connectivity index (χ3n) is 7.88. The SMILES string of the molecule is CCOC(=O)[C@@H](Cc1ccccc1)Oc1ccc(-c2ccc(C)n2-c2ccc(OCCCCCCc3ccccc3)cc2)cc1. The van der Waals surface area contributed by atoms with Crippen molar-refractivity contribution in [3.8, 4) is 28.4 Å². The Kier molecular flexibility index (Phi) is 11.5. The molecule has 0 fully saturated rings. The van der Waals surface area contributed by atoms with Gasteiger partial charge in [0, 0.05) is 17.8 Å². The number of aromatic nitrogens is 1. The first kappa shape index (κ1) is 31.6. The van der Waals surface area contributed by atoms with E-state index in [2.05, 4.69) is 66.1 Å². The highest BCUT2D eigenvalue weighted by molar-refractivity contribution is 5.75. The highest BCUT2D eigenvalue weighted by Crippen LogP contribution is 2.29. The van der Waals surface area contributed by atoms with Gasteiger partial charge >= 0.3 is 5.97 Å². The number of esters is 1. The van der Waals surface area contributed by atoms with Crippen molar-refractivity contribution < 1.29 is 19.0 Å². The van der Waals surface area contributed by atoms with Gasteiger partial charge in [-0.2, -0.15) is 0 Å². The third-order valence-corrected chi connectivity index (χ3v) is 7.88. The van der Waals surface area contributed by atoms with Gasteiger partial charge in [-0.1, -0.05) is 73.5 Å². The van der Waals surface area contributed by atoms with E-state index < -0.39 is 6.10 Å². The molecule has 1 atom stereocenters. The van der Waals surface area contributed by atoms with Gasteiger partial charge in [-0.25, -0.2) is 4.79 Å². The quantitative estimate of drug-likeness (QED) is 0.0836. The van der Waals surface area contributed by atoms with Gasteiger partial charge in [0.15, 0.2) is 6.10 Å². The average Bonchev–Trinajstić information content (AvgIpc) is 3.46.